The number of nitrogens with zero attached hydrogens (tertiary/aromatic N) is 3. The molecule has 0 aromatic carbocycles. The van der Waals surface area contributed by atoms with Crippen LogP contribution < -0.4 is 5.32 Å². The fourth-order valence-electron chi connectivity index (χ4n) is 3.80. The molecule has 0 saturated carbocycles. The number of ether oxygens (including phenoxy) is 1. The highest BCUT2D eigenvalue weighted by Gasteiger charge is 2.42. The predicted molar refractivity (Wildman–Crippen MR) is 97.5 cm³/mol. The molecule has 0 radical (unpaired) electrons. The van der Waals surface area contributed by atoms with E-state index in [2.05, 4.69) is 35.2 Å². The Morgan fingerprint density at radius 1 is 1.44 bits per heavy atom. The summed E-state index contributed by atoms with van der Waals surface area (Å²) in [5.74, 6) is -0.123. The van der Waals surface area contributed by atoms with Gasteiger partial charge in [-0.05, 0) is 45.6 Å². The molecule has 6 heteroatoms. The zero-order chi connectivity index (χ0) is 17.9. The average Bonchev–Trinajstić information content (AvgIpc) is 3.22. The number of piperidine rings is 1. The molecule has 2 aliphatic rings. The second kappa shape index (κ2) is 7.70. The van der Waals surface area contributed by atoms with Crippen molar-refractivity contribution in [2.75, 3.05) is 26.2 Å². The van der Waals surface area contributed by atoms with Crippen LogP contribution in [0.5, 0.6) is 0 Å². The molecule has 0 aliphatic carbocycles. The molecule has 0 bridgehead atoms. The van der Waals surface area contributed by atoms with Crippen molar-refractivity contribution in [1.82, 2.24) is 20.0 Å². The minimum atomic E-state index is -0.123. The van der Waals surface area contributed by atoms with E-state index in [1.165, 1.54) is 5.57 Å². The molecule has 3 rings (SSSR count). The summed E-state index contributed by atoms with van der Waals surface area (Å²) in [5, 5.41) is 7.09. The van der Waals surface area contributed by atoms with Crippen molar-refractivity contribution < 1.29 is 9.53 Å². The van der Waals surface area contributed by atoms with Gasteiger partial charge in [-0.3, -0.25) is 14.4 Å². The summed E-state index contributed by atoms with van der Waals surface area (Å²) >= 11 is 0. The van der Waals surface area contributed by atoms with Gasteiger partial charge in [-0.25, -0.2) is 0 Å². The summed E-state index contributed by atoms with van der Waals surface area (Å²) in [6.07, 6.45) is 8.40. The summed E-state index contributed by atoms with van der Waals surface area (Å²) in [4.78, 5) is 14.6. The zero-order valence-corrected chi connectivity index (χ0v) is 15.6. The summed E-state index contributed by atoms with van der Waals surface area (Å²) in [6.45, 7) is 8.12. The minimum absolute atomic E-state index is 0.0285. The minimum Gasteiger partial charge on any atom is -0.370 e. The lowest BCUT2D eigenvalue weighted by Gasteiger charge is -2.39. The summed E-state index contributed by atoms with van der Waals surface area (Å²) < 4.78 is 8.02. The Hall–Kier alpha value is -1.66. The second-order valence-electron chi connectivity index (χ2n) is 7.46. The van der Waals surface area contributed by atoms with Crippen molar-refractivity contribution in [1.29, 1.82) is 0 Å². The first kappa shape index (κ1) is 18.1. The lowest BCUT2D eigenvalue weighted by Crippen LogP contribution is -2.45. The van der Waals surface area contributed by atoms with Gasteiger partial charge in [0.2, 0.25) is 0 Å². The number of amides is 1. The van der Waals surface area contributed by atoms with E-state index in [1.807, 2.05) is 7.05 Å². The third-order valence-corrected chi connectivity index (χ3v) is 5.51. The molecule has 1 N–H and O–H groups in total. The summed E-state index contributed by atoms with van der Waals surface area (Å²) in [6, 6.07) is 1.73. The van der Waals surface area contributed by atoms with Crippen LogP contribution in [0.2, 0.25) is 0 Å². The molecular formula is C19H30N4O2. The molecule has 1 unspecified atom stereocenters. The van der Waals surface area contributed by atoms with E-state index in [0.29, 0.717) is 12.2 Å². The SMILES string of the molecule is C/C=C(\C)CN1CCC2(CCC(CNC(=O)c3ccn(C)n3)O2)CC1. The fourth-order valence-corrected chi connectivity index (χ4v) is 3.80. The normalized spacial score (nSPS) is 24.0. The van der Waals surface area contributed by atoms with Crippen molar-refractivity contribution in [3.63, 3.8) is 0 Å². The first-order valence-corrected chi connectivity index (χ1v) is 9.29. The number of carbonyl (C=O) groups is 1. The Morgan fingerprint density at radius 3 is 2.84 bits per heavy atom. The summed E-state index contributed by atoms with van der Waals surface area (Å²) in [5.41, 5.74) is 1.92. The lowest BCUT2D eigenvalue weighted by molar-refractivity contribution is -0.0743. The predicted octanol–water partition coefficient (Wildman–Crippen LogP) is 2.13. The zero-order valence-electron chi connectivity index (χ0n) is 15.6. The van der Waals surface area contributed by atoms with Crippen LogP contribution in [0.25, 0.3) is 0 Å². The van der Waals surface area contributed by atoms with Gasteiger partial charge in [-0.2, -0.15) is 5.10 Å². The van der Waals surface area contributed by atoms with Crippen molar-refractivity contribution >= 4 is 5.91 Å². The Bertz CT molecular complexity index is 629. The van der Waals surface area contributed by atoms with E-state index < -0.39 is 0 Å². The van der Waals surface area contributed by atoms with Crippen molar-refractivity contribution in [2.45, 2.75) is 51.2 Å². The van der Waals surface area contributed by atoms with E-state index in [0.717, 1.165) is 45.3 Å². The molecule has 25 heavy (non-hydrogen) atoms. The van der Waals surface area contributed by atoms with Crippen molar-refractivity contribution in [3.8, 4) is 0 Å². The largest absolute Gasteiger partial charge is 0.370 e. The van der Waals surface area contributed by atoms with E-state index in [4.69, 9.17) is 4.74 Å². The van der Waals surface area contributed by atoms with E-state index >= 15 is 0 Å². The van der Waals surface area contributed by atoms with Crippen LogP contribution in [0.1, 0.15) is 50.0 Å². The van der Waals surface area contributed by atoms with Crippen LogP contribution in [0.3, 0.4) is 0 Å². The number of likely N-dealkylation sites (tertiary alicyclic amines) is 1. The number of nitrogens with one attached hydrogen (secondary N) is 1. The second-order valence-corrected chi connectivity index (χ2v) is 7.46. The average molecular weight is 346 g/mol. The van der Waals surface area contributed by atoms with Gasteiger partial charge in [0.1, 0.15) is 5.69 Å². The van der Waals surface area contributed by atoms with E-state index in [9.17, 15) is 4.79 Å². The Labute approximate surface area is 150 Å². The first-order chi connectivity index (χ1) is 12.0. The molecule has 2 fully saturated rings. The maximum atomic E-state index is 12.1. The van der Waals surface area contributed by atoms with Crippen LogP contribution in [-0.2, 0) is 11.8 Å². The smallest absolute Gasteiger partial charge is 0.271 e. The number of carbonyl (C=O) groups excluding carboxylic acids is 1. The van der Waals surface area contributed by atoms with E-state index in [1.54, 1.807) is 16.9 Å². The Balaban J connectivity index is 1.44. The van der Waals surface area contributed by atoms with Gasteiger partial charge in [-0.1, -0.05) is 11.6 Å². The summed E-state index contributed by atoms with van der Waals surface area (Å²) in [7, 11) is 1.81. The number of aryl methyl sites for hydroxylation is 1. The molecule has 1 atom stereocenters. The molecule has 1 amide bonds. The van der Waals surface area contributed by atoms with Crippen LogP contribution in [0.15, 0.2) is 23.9 Å². The maximum absolute atomic E-state index is 12.1. The Morgan fingerprint density at radius 2 is 2.20 bits per heavy atom. The molecule has 138 valence electrons. The van der Waals surface area contributed by atoms with Gasteiger partial charge in [0.05, 0.1) is 11.7 Å². The Kier molecular flexibility index (Phi) is 5.59. The standard InChI is InChI=1S/C19H30N4O2/c1-4-15(2)14-23-11-8-19(9-12-23)7-5-16(25-19)13-20-18(24)17-6-10-22(3)21-17/h4,6,10,16H,5,7-9,11-14H2,1-3H3,(H,20,24)/b15-4+. The van der Waals surface area contributed by atoms with Gasteiger partial charge in [0, 0.05) is 39.4 Å². The number of rotatable bonds is 5. The molecule has 2 saturated heterocycles. The maximum Gasteiger partial charge on any atom is 0.271 e. The topological polar surface area (TPSA) is 59.4 Å². The van der Waals surface area contributed by atoms with Crippen LogP contribution >= 0.6 is 0 Å². The molecule has 1 aromatic heterocycles. The van der Waals surface area contributed by atoms with Gasteiger partial charge in [0.15, 0.2) is 0 Å². The fraction of sp³-hybridized carbons (Fsp3) is 0.684. The highest BCUT2D eigenvalue weighted by atomic mass is 16.5. The van der Waals surface area contributed by atoms with Gasteiger partial charge >= 0.3 is 0 Å². The van der Waals surface area contributed by atoms with Gasteiger partial charge in [0.25, 0.3) is 5.91 Å². The molecular weight excluding hydrogens is 316 g/mol. The molecule has 1 spiro atoms. The van der Waals surface area contributed by atoms with Crippen molar-refractivity contribution in [3.05, 3.63) is 29.6 Å². The molecule has 6 nitrogen and oxygen atoms in total. The monoisotopic (exact) mass is 346 g/mol. The number of hydrogen-bond donors (Lipinski definition) is 1. The van der Waals surface area contributed by atoms with Crippen molar-refractivity contribution in [2.24, 2.45) is 7.05 Å². The molecule has 2 aliphatic heterocycles. The number of allylic oxidation sites excluding steroid dienone is 1. The highest BCUT2D eigenvalue weighted by Crippen LogP contribution is 2.38. The quantitative estimate of drug-likeness (QED) is 0.830. The molecule has 3 heterocycles. The van der Waals surface area contributed by atoms with E-state index in [-0.39, 0.29) is 17.6 Å². The number of hydrogen-bond acceptors (Lipinski definition) is 4. The van der Waals surface area contributed by atoms with Gasteiger partial charge in [-0.15, -0.1) is 0 Å². The molecule has 1 aromatic rings. The van der Waals surface area contributed by atoms with Crippen LogP contribution in [0.4, 0.5) is 0 Å². The third kappa shape index (κ3) is 4.50. The highest BCUT2D eigenvalue weighted by molar-refractivity contribution is 5.92. The first-order valence-electron chi connectivity index (χ1n) is 9.29. The van der Waals surface area contributed by atoms with Crippen LogP contribution in [0, 0.1) is 0 Å². The lowest BCUT2D eigenvalue weighted by atomic mass is 9.88. The third-order valence-electron chi connectivity index (χ3n) is 5.51. The van der Waals surface area contributed by atoms with Crippen LogP contribution in [-0.4, -0.2) is 58.5 Å². The van der Waals surface area contributed by atoms with Gasteiger partial charge < -0.3 is 10.1 Å². The number of aromatic nitrogens is 2.